The van der Waals surface area contributed by atoms with Gasteiger partial charge in [-0.3, -0.25) is 0 Å². The first kappa shape index (κ1) is 14.3. The second kappa shape index (κ2) is 6.86. The van der Waals surface area contributed by atoms with Crippen molar-refractivity contribution in [3.05, 3.63) is 11.1 Å². The molecule has 0 spiro atoms. The van der Waals surface area contributed by atoms with E-state index in [9.17, 15) is 8.78 Å². The van der Waals surface area contributed by atoms with E-state index in [1.54, 1.807) is 7.05 Å². The summed E-state index contributed by atoms with van der Waals surface area (Å²) in [6.07, 6.45) is -1.27. The minimum atomic E-state index is -2.33. The summed E-state index contributed by atoms with van der Waals surface area (Å²) in [6, 6.07) is 0.167. The van der Waals surface area contributed by atoms with Crippen LogP contribution in [0.2, 0.25) is 0 Å². The SMILES string of the molecule is CCCNC(C)c1csc(N(C)CC(F)F)n1. The Morgan fingerprint density at radius 3 is 2.82 bits per heavy atom. The zero-order valence-corrected chi connectivity index (χ0v) is 11.2. The number of nitrogens with one attached hydrogen (secondary N) is 1. The van der Waals surface area contributed by atoms with Gasteiger partial charge in [0.2, 0.25) is 0 Å². The Kier molecular flexibility index (Phi) is 5.77. The molecule has 1 rings (SSSR count). The predicted molar refractivity (Wildman–Crippen MR) is 68.1 cm³/mol. The van der Waals surface area contributed by atoms with E-state index in [-0.39, 0.29) is 12.6 Å². The first-order valence-corrected chi connectivity index (χ1v) is 6.60. The van der Waals surface area contributed by atoms with Crippen LogP contribution < -0.4 is 10.2 Å². The number of anilines is 1. The van der Waals surface area contributed by atoms with Crippen LogP contribution in [0.15, 0.2) is 5.38 Å². The number of nitrogens with zero attached hydrogens (tertiary/aromatic N) is 2. The molecule has 1 aromatic heterocycles. The third-order valence-corrected chi connectivity index (χ3v) is 3.37. The van der Waals surface area contributed by atoms with E-state index in [0.717, 1.165) is 18.7 Å². The van der Waals surface area contributed by atoms with E-state index >= 15 is 0 Å². The molecule has 0 aliphatic rings. The molecule has 0 saturated carbocycles. The maximum atomic E-state index is 12.2. The second-order valence-electron chi connectivity index (χ2n) is 4.00. The summed E-state index contributed by atoms with van der Waals surface area (Å²) >= 11 is 1.40. The van der Waals surface area contributed by atoms with Crippen LogP contribution in [0.3, 0.4) is 0 Å². The summed E-state index contributed by atoms with van der Waals surface area (Å²) in [5.41, 5.74) is 0.916. The Morgan fingerprint density at radius 2 is 2.24 bits per heavy atom. The lowest BCUT2D eigenvalue weighted by molar-refractivity contribution is 0.156. The molecule has 3 nitrogen and oxygen atoms in total. The number of thiazole rings is 1. The van der Waals surface area contributed by atoms with E-state index in [4.69, 9.17) is 0 Å². The highest BCUT2D eigenvalue weighted by Crippen LogP contribution is 2.23. The van der Waals surface area contributed by atoms with Gasteiger partial charge in [0.25, 0.3) is 6.43 Å². The van der Waals surface area contributed by atoms with Crippen LogP contribution in [0.25, 0.3) is 0 Å². The average molecular weight is 263 g/mol. The first-order valence-electron chi connectivity index (χ1n) is 5.72. The monoisotopic (exact) mass is 263 g/mol. The van der Waals surface area contributed by atoms with Gasteiger partial charge in [0.1, 0.15) is 0 Å². The van der Waals surface area contributed by atoms with Crippen molar-refractivity contribution in [2.24, 2.45) is 0 Å². The predicted octanol–water partition coefficient (Wildman–Crippen LogP) is 2.91. The highest BCUT2D eigenvalue weighted by molar-refractivity contribution is 7.13. The van der Waals surface area contributed by atoms with Gasteiger partial charge < -0.3 is 10.2 Å². The summed E-state index contributed by atoms with van der Waals surface area (Å²) in [4.78, 5) is 5.86. The minimum absolute atomic E-state index is 0.167. The van der Waals surface area contributed by atoms with Crippen molar-refractivity contribution in [2.45, 2.75) is 32.7 Å². The maximum Gasteiger partial charge on any atom is 0.255 e. The van der Waals surface area contributed by atoms with Crippen molar-refractivity contribution in [1.29, 1.82) is 0 Å². The van der Waals surface area contributed by atoms with Crippen molar-refractivity contribution in [2.75, 3.05) is 25.0 Å². The summed E-state index contributed by atoms with van der Waals surface area (Å²) < 4.78 is 24.5. The van der Waals surface area contributed by atoms with E-state index in [1.807, 2.05) is 12.3 Å². The molecule has 0 amide bonds. The molecule has 0 aliphatic heterocycles. The van der Waals surface area contributed by atoms with E-state index < -0.39 is 6.43 Å². The van der Waals surface area contributed by atoms with Crippen LogP contribution in [0.5, 0.6) is 0 Å². The van der Waals surface area contributed by atoms with Gasteiger partial charge in [-0.25, -0.2) is 13.8 Å². The van der Waals surface area contributed by atoms with Crippen molar-refractivity contribution >= 4 is 16.5 Å². The number of halogens is 2. The third-order valence-electron chi connectivity index (χ3n) is 2.39. The Labute approximate surface area is 105 Å². The fourth-order valence-corrected chi connectivity index (χ4v) is 2.30. The normalized spacial score (nSPS) is 13.1. The molecule has 6 heteroatoms. The molecule has 1 N–H and O–H groups in total. The van der Waals surface area contributed by atoms with Gasteiger partial charge in [0, 0.05) is 18.5 Å². The average Bonchev–Trinajstić information content (AvgIpc) is 2.74. The molecule has 98 valence electrons. The van der Waals surface area contributed by atoms with E-state index in [0.29, 0.717) is 5.13 Å². The second-order valence-corrected chi connectivity index (χ2v) is 4.84. The summed E-state index contributed by atoms with van der Waals surface area (Å²) in [5, 5.41) is 5.88. The van der Waals surface area contributed by atoms with Gasteiger partial charge in [-0.15, -0.1) is 11.3 Å². The molecule has 0 fully saturated rings. The van der Waals surface area contributed by atoms with E-state index in [1.165, 1.54) is 16.2 Å². The van der Waals surface area contributed by atoms with Crippen LogP contribution in [0, 0.1) is 0 Å². The van der Waals surface area contributed by atoms with Crippen molar-refractivity contribution < 1.29 is 8.78 Å². The largest absolute Gasteiger partial charge is 0.345 e. The summed E-state index contributed by atoms with van der Waals surface area (Å²) in [7, 11) is 1.64. The summed E-state index contributed by atoms with van der Waals surface area (Å²) in [5.74, 6) is 0. The fraction of sp³-hybridized carbons (Fsp3) is 0.727. The minimum Gasteiger partial charge on any atom is -0.345 e. The number of hydrogen-bond donors (Lipinski definition) is 1. The standard InChI is InChI=1S/C11H19F2N3S/c1-4-5-14-8(2)9-7-17-11(15-9)16(3)6-10(12)13/h7-8,10,14H,4-6H2,1-3H3. The van der Waals surface area contributed by atoms with Crippen LogP contribution >= 0.6 is 11.3 Å². The summed E-state index contributed by atoms with van der Waals surface area (Å²) in [6.45, 7) is 4.79. The van der Waals surface area contributed by atoms with Gasteiger partial charge in [0.15, 0.2) is 5.13 Å². The maximum absolute atomic E-state index is 12.2. The lowest BCUT2D eigenvalue weighted by Gasteiger charge is -2.15. The highest BCUT2D eigenvalue weighted by Gasteiger charge is 2.14. The molecular formula is C11H19F2N3S. The van der Waals surface area contributed by atoms with Gasteiger partial charge in [0.05, 0.1) is 12.2 Å². The molecule has 1 aromatic rings. The van der Waals surface area contributed by atoms with Crippen LogP contribution in [0.1, 0.15) is 32.0 Å². The zero-order valence-electron chi connectivity index (χ0n) is 10.4. The van der Waals surface area contributed by atoms with Crippen molar-refractivity contribution in [3.63, 3.8) is 0 Å². The molecule has 1 atom stereocenters. The van der Waals surface area contributed by atoms with Gasteiger partial charge in [-0.2, -0.15) is 0 Å². The third kappa shape index (κ3) is 4.55. The molecule has 1 unspecified atom stereocenters. The molecule has 1 heterocycles. The molecule has 0 bridgehead atoms. The molecule has 0 radical (unpaired) electrons. The number of alkyl halides is 2. The molecule has 17 heavy (non-hydrogen) atoms. The lowest BCUT2D eigenvalue weighted by Crippen LogP contribution is -2.24. The Morgan fingerprint density at radius 1 is 1.53 bits per heavy atom. The van der Waals surface area contributed by atoms with Crippen LogP contribution in [-0.2, 0) is 0 Å². The first-order chi connectivity index (χ1) is 8.04. The zero-order chi connectivity index (χ0) is 12.8. The number of rotatable bonds is 7. The van der Waals surface area contributed by atoms with Gasteiger partial charge in [-0.05, 0) is 19.9 Å². The van der Waals surface area contributed by atoms with Crippen LogP contribution in [-0.4, -0.2) is 31.5 Å². The Bertz CT molecular complexity index is 330. The van der Waals surface area contributed by atoms with Crippen molar-refractivity contribution in [3.8, 4) is 0 Å². The smallest absolute Gasteiger partial charge is 0.255 e. The van der Waals surface area contributed by atoms with Crippen LogP contribution in [0.4, 0.5) is 13.9 Å². The molecule has 0 saturated heterocycles. The quantitative estimate of drug-likeness (QED) is 0.820. The highest BCUT2D eigenvalue weighted by atomic mass is 32.1. The Balaban J connectivity index is 2.57. The number of aromatic nitrogens is 1. The fourth-order valence-electron chi connectivity index (χ4n) is 1.40. The molecular weight excluding hydrogens is 244 g/mol. The lowest BCUT2D eigenvalue weighted by atomic mass is 10.2. The Hall–Kier alpha value is -0.750. The van der Waals surface area contributed by atoms with Gasteiger partial charge in [-0.1, -0.05) is 6.92 Å². The van der Waals surface area contributed by atoms with E-state index in [2.05, 4.69) is 17.2 Å². The number of hydrogen-bond acceptors (Lipinski definition) is 4. The van der Waals surface area contributed by atoms with Gasteiger partial charge >= 0.3 is 0 Å². The molecule has 0 aliphatic carbocycles. The molecule has 0 aromatic carbocycles. The van der Waals surface area contributed by atoms with Crippen molar-refractivity contribution in [1.82, 2.24) is 10.3 Å². The topological polar surface area (TPSA) is 28.2 Å².